The van der Waals surface area contributed by atoms with E-state index in [0.717, 1.165) is 16.8 Å². The first-order valence-corrected chi connectivity index (χ1v) is 6.89. The van der Waals surface area contributed by atoms with Crippen LogP contribution in [-0.4, -0.2) is 22.1 Å². The molecular formula is C15H14F3N3O3. The van der Waals surface area contributed by atoms with Crippen LogP contribution in [0.25, 0.3) is 0 Å². The molecule has 0 bridgehead atoms. The van der Waals surface area contributed by atoms with Gasteiger partial charge in [-0.3, -0.25) is 9.59 Å². The van der Waals surface area contributed by atoms with Gasteiger partial charge >= 0.3 is 6.36 Å². The Balaban J connectivity index is 2.09. The third-order valence-electron chi connectivity index (χ3n) is 3.06. The van der Waals surface area contributed by atoms with Crippen LogP contribution in [0.5, 0.6) is 5.75 Å². The summed E-state index contributed by atoms with van der Waals surface area (Å²) in [6.45, 7) is 3.17. The Morgan fingerprint density at radius 3 is 2.42 bits per heavy atom. The Morgan fingerprint density at radius 1 is 1.21 bits per heavy atom. The number of alkyl halides is 3. The zero-order valence-corrected chi connectivity index (χ0v) is 12.8. The SMILES string of the molecule is Cc1ccc(=O)n(C(C)C(=O)Nc2ccc(OC(F)(F)F)cc2)n1. The van der Waals surface area contributed by atoms with Crippen molar-refractivity contribution in [1.29, 1.82) is 0 Å². The first-order valence-electron chi connectivity index (χ1n) is 6.89. The van der Waals surface area contributed by atoms with Gasteiger partial charge in [0.2, 0.25) is 5.91 Å². The molecule has 0 spiro atoms. The predicted octanol–water partition coefficient (Wildman–Crippen LogP) is 2.65. The Bertz CT molecular complexity index is 785. The molecule has 1 aromatic heterocycles. The molecule has 0 fully saturated rings. The van der Waals surface area contributed by atoms with Crippen LogP contribution in [0, 0.1) is 6.92 Å². The third kappa shape index (κ3) is 4.58. The van der Waals surface area contributed by atoms with Crippen LogP contribution in [0.15, 0.2) is 41.2 Å². The molecule has 128 valence electrons. The highest BCUT2D eigenvalue weighted by atomic mass is 19.4. The smallest absolute Gasteiger partial charge is 0.406 e. The Morgan fingerprint density at radius 2 is 1.83 bits per heavy atom. The number of nitrogens with zero attached hydrogens (tertiary/aromatic N) is 2. The van der Waals surface area contributed by atoms with Crippen LogP contribution in [0.3, 0.4) is 0 Å². The second-order valence-corrected chi connectivity index (χ2v) is 4.99. The Kier molecular flexibility index (Phi) is 4.91. The maximum absolute atomic E-state index is 12.2. The summed E-state index contributed by atoms with van der Waals surface area (Å²) < 4.78 is 41.0. The summed E-state index contributed by atoms with van der Waals surface area (Å²) in [6, 6.07) is 6.62. The standard InChI is InChI=1S/C15H14F3N3O3/c1-9-3-8-13(22)21(20-9)10(2)14(23)19-11-4-6-12(7-5-11)24-15(16,17)18/h3-8,10H,1-2H3,(H,19,23). The minimum absolute atomic E-state index is 0.266. The van der Waals surface area contributed by atoms with Gasteiger partial charge in [-0.2, -0.15) is 5.10 Å². The number of amides is 1. The van der Waals surface area contributed by atoms with E-state index in [1.165, 1.54) is 31.2 Å². The fourth-order valence-corrected chi connectivity index (χ4v) is 1.90. The van der Waals surface area contributed by atoms with Crippen molar-refractivity contribution in [2.45, 2.75) is 26.3 Å². The van der Waals surface area contributed by atoms with Gasteiger partial charge in [0, 0.05) is 11.8 Å². The second-order valence-electron chi connectivity index (χ2n) is 4.99. The lowest BCUT2D eigenvalue weighted by molar-refractivity contribution is -0.274. The topological polar surface area (TPSA) is 73.2 Å². The van der Waals surface area contributed by atoms with Crippen LogP contribution in [-0.2, 0) is 4.79 Å². The molecule has 0 radical (unpaired) electrons. The minimum atomic E-state index is -4.78. The fourth-order valence-electron chi connectivity index (χ4n) is 1.90. The van der Waals surface area contributed by atoms with Crippen molar-refractivity contribution in [1.82, 2.24) is 9.78 Å². The first kappa shape index (κ1) is 17.5. The summed E-state index contributed by atoms with van der Waals surface area (Å²) in [6.07, 6.45) is -4.78. The number of carbonyl (C=O) groups excluding carboxylic acids is 1. The fraction of sp³-hybridized carbons (Fsp3) is 0.267. The van der Waals surface area contributed by atoms with E-state index in [-0.39, 0.29) is 5.69 Å². The molecule has 0 aliphatic heterocycles. The molecule has 9 heteroatoms. The molecule has 0 saturated carbocycles. The largest absolute Gasteiger partial charge is 0.573 e. The number of halogens is 3. The molecule has 2 rings (SSSR count). The number of benzene rings is 1. The number of aromatic nitrogens is 2. The van der Waals surface area contributed by atoms with E-state index in [1.54, 1.807) is 6.92 Å². The van der Waals surface area contributed by atoms with Crippen molar-refractivity contribution >= 4 is 11.6 Å². The highest BCUT2D eigenvalue weighted by Crippen LogP contribution is 2.24. The van der Waals surface area contributed by atoms with Gasteiger partial charge in [0.25, 0.3) is 5.56 Å². The van der Waals surface area contributed by atoms with Gasteiger partial charge in [-0.25, -0.2) is 4.68 Å². The summed E-state index contributed by atoms with van der Waals surface area (Å²) >= 11 is 0. The minimum Gasteiger partial charge on any atom is -0.406 e. The summed E-state index contributed by atoms with van der Waals surface area (Å²) in [4.78, 5) is 23.9. The predicted molar refractivity (Wildman–Crippen MR) is 79.7 cm³/mol. The number of hydrogen-bond acceptors (Lipinski definition) is 4. The molecule has 0 aliphatic rings. The molecule has 6 nitrogen and oxygen atoms in total. The number of anilines is 1. The lowest BCUT2D eigenvalue weighted by Crippen LogP contribution is -2.33. The molecule has 1 atom stereocenters. The van der Waals surface area contributed by atoms with Crippen molar-refractivity contribution < 1.29 is 22.7 Å². The van der Waals surface area contributed by atoms with Crippen molar-refractivity contribution in [3.8, 4) is 5.75 Å². The van der Waals surface area contributed by atoms with Crippen LogP contribution in [0.2, 0.25) is 0 Å². The van der Waals surface area contributed by atoms with Crippen molar-refractivity contribution in [3.05, 3.63) is 52.4 Å². The molecule has 0 saturated heterocycles. The van der Waals surface area contributed by atoms with Gasteiger partial charge in [-0.15, -0.1) is 13.2 Å². The van der Waals surface area contributed by atoms with Crippen LogP contribution in [0.1, 0.15) is 18.7 Å². The van der Waals surface area contributed by atoms with Crippen LogP contribution >= 0.6 is 0 Å². The van der Waals surface area contributed by atoms with E-state index in [0.29, 0.717) is 5.69 Å². The number of rotatable bonds is 4. The lowest BCUT2D eigenvalue weighted by Gasteiger charge is -2.15. The molecule has 1 heterocycles. The van der Waals surface area contributed by atoms with Crippen LogP contribution < -0.4 is 15.6 Å². The number of carbonyl (C=O) groups is 1. The van der Waals surface area contributed by atoms with Gasteiger partial charge in [-0.1, -0.05) is 0 Å². The highest BCUT2D eigenvalue weighted by molar-refractivity contribution is 5.93. The lowest BCUT2D eigenvalue weighted by atomic mass is 10.2. The van der Waals surface area contributed by atoms with Gasteiger partial charge in [-0.05, 0) is 44.2 Å². The average molecular weight is 341 g/mol. The zero-order chi connectivity index (χ0) is 17.9. The maximum atomic E-state index is 12.2. The quantitative estimate of drug-likeness (QED) is 0.928. The van der Waals surface area contributed by atoms with E-state index in [1.807, 2.05) is 0 Å². The summed E-state index contributed by atoms with van der Waals surface area (Å²) in [5.74, 6) is -0.926. The molecule has 1 aromatic carbocycles. The van der Waals surface area contributed by atoms with Gasteiger partial charge in [0.1, 0.15) is 11.8 Å². The maximum Gasteiger partial charge on any atom is 0.573 e. The van der Waals surface area contributed by atoms with Crippen molar-refractivity contribution in [2.75, 3.05) is 5.32 Å². The van der Waals surface area contributed by atoms with Crippen molar-refractivity contribution in [2.24, 2.45) is 0 Å². The second kappa shape index (κ2) is 6.73. The van der Waals surface area contributed by atoms with Gasteiger partial charge < -0.3 is 10.1 Å². The summed E-state index contributed by atoms with van der Waals surface area (Å²) in [7, 11) is 0. The molecule has 0 aliphatic carbocycles. The molecule has 2 aromatic rings. The Labute approximate surface area is 134 Å². The highest BCUT2D eigenvalue weighted by Gasteiger charge is 2.31. The number of aryl methyl sites for hydroxylation is 1. The number of hydrogen-bond donors (Lipinski definition) is 1. The normalized spacial score (nSPS) is 12.5. The zero-order valence-electron chi connectivity index (χ0n) is 12.8. The number of nitrogens with one attached hydrogen (secondary N) is 1. The molecule has 1 amide bonds. The van der Waals surface area contributed by atoms with E-state index < -0.39 is 29.6 Å². The van der Waals surface area contributed by atoms with Crippen molar-refractivity contribution in [3.63, 3.8) is 0 Å². The van der Waals surface area contributed by atoms with Gasteiger partial charge in [0.05, 0.1) is 5.69 Å². The summed E-state index contributed by atoms with van der Waals surface area (Å²) in [5, 5.41) is 6.49. The molecule has 24 heavy (non-hydrogen) atoms. The molecular weight excluding hydrogens is 327 g/mol. The van der Waals surface area contributed by atoms with Gasteiger partial charge in [0.15, 0.2) is 0 Å². The summed E-state index contributed by atoms with van der Waals surface area (Å²) in [5.41, 5.74) is 0.405. The molecule has 1 unspecified atom stereocenters. The van der Waals surface area contributed by atoms with E-state index in [9.17, 15) is 22.8 Å². The first-order chi connectivity index (χ1) is 11.2. The molecule has 1 N–H and O–H groups in total. The average Bonchev–Trinajstić information content (AvgIpc) is 2.49. The van der Waals surface area contributed by atoms with E-state index in [2.05, 4.69) is 15.2 Å². The third-order valence-corrected chi connectivity index (χ3v) is 3.06. The number of ether oxygens (including phenoxy) is 1. The van der Waals surface area contributed by atoms with E-state index >= 15 is 0 Å². The van der Waals surface area contributed by atoms with E-state index in [4.69, 9.17) is 0 Å². The van der Waals surface area contributed by atoms with Crippen LogP contribution in [0.4, 0.5) is 18.9 Å². The Hall–Kier alpha value is -2.84. The monoisotopic (exact) mass is 341 g/mol.